The van der Waals surface area contributed by atoms with Crippen molar-refractivity contribution in [2.75, 3.05) is 7.11 Å². The third-order valence-electron chi connectivity index (χ3n) is 3.12. The lowest BCUT2D eigenvalue weighted by Crippen LogP contribution is -2.50. The van der Waals surface area contributed by atoms with E-state index in [4.69, 9.17) is 10.5 Å². The smallest absolute Gasteiger partial charge is 0.246 e. The summed E-state index contributed by atoms with van der Waals surface area (Å²) in [5.41, 5.74) is 6.47. The van der Waals surface area contributed by atoms with Gasteiger partial charge < -0.3 is 10.5 Å². The maximum absolute atomic E-state index is 12.0. The van der Waals surface area contributed by atoms with Gasteiger partial charge in [-0.3, -0.25) is 14.5 Å². The number of methoxy groups -OCH3 is 1. The molecule has 1 unspecified atom stereocenters. The van der Waals surface area contributed by atoms with Crippen LogP contribution in [0, 0.1) is 0 Å². The van der Waals surface area contributed by atoms with Crippen molar-refractivity contribution in [3.8, 4) is 5.75 Å². The molecule has 0 aromatic heterocycles. The van der Waals surface area contributed by atoms with Crippen LogP contribution in [-0.2, 0) is 16.1 Å². The number of hydrogen-bond donors (Lipinski definition) is 1. The van der Waals surface area contributed by atoms with Crippen molar-refractivity contribution < 1.29 is 14.3 Å². The molecule has 0 bridgehead atoms. The summed E-state index contributed by atoms with van der Waals surface area (Å²) in [5, 5.41) is 0. The zero-order chi connectivity index (χ0) is 14.0. The van der Waals surface area contributed by atoms with Gasteiger partial charge in [-0.25, -0.2) is 0 Å². The van der Waals surface area contributed by atoms with E-state index in [0.717, 1.165) is 10.0 Å². The number of nitrogens with two attached hydrogens (primary N) is 1. The Morgan fingerprint density at radius 3 is 2.89 bits per heavy atom. The number of nitrogens with zero attached hydrogens (tertiary/aromatic N) is 1. The van der Waals surface area contributed by atoms with Gasteiger partial charge in [-0.05, 0) is 24.6 Å². The first kappa shape index (κ1) is 14.0. The highest BCUT2D eigenvalue weighted by Crippen LogP contribution is 2.26. The van der Waals surface area contributed by atoms with Gasteiger partial charge in [0.15, 0.2) is 0 Å². The van der Waals surface area contributed by atoms with Crippen LogP contribution in [0.15, 0.2) is 22.7 Å². The van der Waals surface area contributed by atoms with Crippen molar-refractivity contribution in [3.63, 3.8) is 0 Å². The number of amides is 2. The molecule has 1 aliphatic rings. The average molecular weight is 327 g/mol. The second-order valence-electron chi connectivity index (χ2n) is 4.42. The summed E-state index contributed by atoms with van der Waals surface area (Å²) in [6.07, 6.45) is 0.729. The number of hydrogen-bond acceptors (Lipinski definition) is 4. The van der Waals surface area contributed by atoms with Crippen molar-refractivity contribution in [3.05, 3.63) is 28.2 Å². The molecule has 0 aliphatic carbocycles. The molecule has 1 aromatic carbocycles. The van der Waals surface area contributed by atoms with Crippen molar-refractivity contribution in [1.82, 2.24) is 4.90 Å². The number of imide groups is 1. The Labute approximate surface area is 119 Å². The Balaban J connectivity index is 2.26. The van der Waals surface area contributed by atoms with Crippen LogP contribution in [-0.4, -0.2) is 29.9 Å². The monoisotopic (exact) mass is 326 g/mol. The Morgan fingerprint density at radius 2 is 2.21 bits per heavy atom. The summed E-state index contributed by atoms with van der Waals surface area (Å²) in [5.74, 6) is 0.134. The molecule has 0 radical (unpaired) electrons. The molecule has 1 aliphatic heterocycles. The summed E-state index contributed by atoms with van der Waals surface area (Å²) >= 11 is 3.36. The molecule has 19 heavy (non-hydrogen) atoms. The lowest BCUT2D eigenvalue weighted by Gasteiger charge is -2.29. The maximum atomic E-state index is 12.0. The molecule has 1 aromatic rings. The van der Waals surface area contributed by atoms with Crippen LogP contribution in [0.4, 0.5) is 0 Å². The van der Waals surface area contributed by atoms with Gasteiger partial charge in [0.25, 0.3) is 0 Å². The van der Waals surface area contributed by atoms with Crippen LogP contribution in [0.3, 0.4) is 0 Å². The predicted octanol–water partition coefficient (Wildman–Crippen LogP) is 1.43. The van der Waals surface area contributed by atoms with Gasteiger partial charge in [0.1, 0.15) is 5.75 Å². The summed E-state index contributed by atoms with van der Waals surface area (Å²) in [4.78, 5) is 25.0. The van der Waals surface area contributed by atoms with Crippen molar-refractivity contribution in [1.29, 1.82) is 0 Å². The van der Waals surface area contributed by atoms with Crippen LogP contribution in [0.2, 0.25) is 0 Å². The lowest BCUT2D eigenvalue weighted by atomic mass is 10.0. The van der Waals surface area contributed by atoms with Crippen LogP contribution in [0.5, 0.6) is 5.75 Å². The molecule has 2 N–H and O–H groups in total. The quantitative estimate of drug-likeness (QED) is 0.853. The molecular weight excluding hydrogens is 312 g/mol. The minimum Gasteiger partial charge on any atom is -0.496 e. The summed E-state index contributed by atoms with van der Waals surface area (Å²) in [7, 11) is 1.55. The highest BCUT2D eigenvalue weighted by Gasteiger charge is 2.32. The average Bonchev–Trinajstić information content (AvgIpc) is 2.39. The lowest BCUT2D eigenvalue weighted by molar-refractivity contribution is -0.149. The van der Waals surface area contributed by atoms with Crippen LogP contribution < -0.4 is 10.5 Å². The molecular formula is C13H15BrN2O3. The van der Waals surface area contributed by atoms with Gasteiger partial charge in [-0.1, -0.05) is 15.9 Å². The number of halogens is 1. The van der Waals surface area contributed by atoms with Gasteiger partial charge in [-0.15, -0.1) is 0 Å². The van der Waals surface area contributed by atoms with Gasteiger partial charge in [0.05, 0.1) is 19.7 Å². The topological polar surface area (TPSA) is 72.6 Å². The first-order valence-corrected chi connectivity index (χ1v) is 6.74. The Morgan fingerprint density at radius 1 is 1.47 bits per heavy atom. The number of likely N-dealkylation sites (tertiary alicyclic amines) is 1. The van der Waals surface area contributed by atoms with Crippen molar-refractivity contribution in [2.45, 2.75) is 25.4 Å². The summed E-state index contributed by atoms with van der Waals surface area (Å²) in [6, 6.07) is 4.88. The Kier molecular flexibility index (Phi) is 4.21. The molecule has 102 valence electrons. The van der Waals surface area contributed by atoms with Crippen molar-refractivity contribution in [2.24, 2.45) is 5.73 Å². The third-order valence-corrected chi connectivity index (χ3v) is 3.62. The zero-order valence-electron chi connectivity index (χ0n) is 10.6. The molecule has 1 atom stereocenters. The number of piperidine rings is 1. The predicted molar refractivity (Wildman–Crippen MR) is 73.5 cm³/mol. The van der Waals surface area contributed by atoms with Gasteiger partial charge >= 0.3 is 0 Å². The van der Waals surface area contributed by atoms with Gasteiger partial charge in [0, 0.05) is 16.5 Å². The number of carbonyl (C=O) groups excluding carboxylic acids is 2. The first-order chi connectivity index (χ1) is 9.02. The van der Waals surface area contributed by atoms with E-state index < -0.39 is 6.04 Å². The molecule has 2 amide bonds. The second kappa shape index (κ2) is 5.71. The fraction of sp³-hybridized carbons (Fsp3) is 0.385. The highest BCUT2D eigenvalue weighted by molar-refractivity contribution is 9.10. The number of benzene rings is 1. The molecule has 2 rings (SSSR count). The Bertz CT molecular complexity index is 519. The highest BCUT2D eigenvalue weighted by atomic mass is 79.9. The van der Waals surface area contributed by atoms with E-state index in [9.17, 15) is 9.59 Å². The fourth-order valence-corrected chi connectivity index (χ4v) is 2.48. The maximum Gasteiger partial charge on any atom is 0.246 e. The summed E-state index contributed by atoms with van der Waals surface area (Å²) < 4.78 is 6.10. The van der Waals surface area contributed by atoms with E-state index >= 15 is 0 Å². The standard InChI is InChI=1S/C13H15BrN2O3/c1-19-11-4-2-9(14)6-8(11)7-16-12(17)5-3-10(15)13(16)18/h2,4,6,10H,3,5,7,15H2,1H3. The van der Waals surface area contributed by atoms with Crippen LogP contribution in [0.1, 0.15) is 18.4 Å². The second-order valence-corrected chi connectivity index (χ2v) is 5.34. The molecule has 1 saturated heterocycles. The summed E-state index contributed by atoms with van der Waals surface area (Å²) in [6.45, 7) is 0.188. The zero-order valence-corrected chi connectivity index (χ0v) is 12.1. The van der Waals surface area contributed by atoms with Crippen LogP contribution in [0.25, 0.3) is 0 Å². The first-order valence-electron chi connectivity index (χ1n) is 5.95. The number of ether oxygens (including phenoxy) is 1. The minimum atomic E-state index is -0.587. The molecule has 1 heterocycles. The molecule has 5 nitrogen and oxygen atoms in total. The largest absolute Gasteiger partial charge is 0.496 e. The number of rotatable bonds is 3. The molecule has 0 spiro atoms. The van der Waals surface area contributed by atoms with E-state index in [1.165, 1.54) is 4.90 Å². The molecule has 6 heteroatoms. The van der Waals surface area contributed by atoms with E-state index in [1.807, 2.05) is 12.1 Å². The molecule has 0 saturated carbocycles. The Hall–Kier alpha value is -1.40. The van der Waals surface area contributed by atoms with Gasteiger partial charge in [0.2, 0.25) is 11.8 Å². The minimum absolute atomic E-state index is 0.186. The van der Waals surface area contributed by atoms with Crippen LogP contribution >= 0.6 is 15.9 Å². The third kappa shape index (κ3) is 2.96. The van der Waals surface area contributed by atoms with E-state index in [-0.39, 0.29) is 18.4 Å². The van der Waals surface area contributed by atoms with Crippen molar-refractivity contribution >= 4 is 27.7 Å². The molecule has 1 fully saturated rings. The fourth-order valence-electron chi connectivity index (χ4n) is 2.07. The normalized spacial score (nSPS) is 19.7. The van der Waals surface area contributed by atoms with E-state index in [2.05, 4.69) is 15.9 Å². The van der Waals surface area contributed by atoms with Gasteiger partial charge in [-0.2, -0.15) is 0 Å². The number of carbonyl (C=O) groups is 2. The SMILES string of the molecule is COc1ccc(Br)cc1CN1C(=O)CCC(N)C1=O. The van der Waals surface area contributed by atoms with E-state index in [1.54, 1.807) is 13.2 Å². The van der Waals surface area contributed by atoms with E-state index in [0.29, 0.717) is 18.6 Å².